The number of amides is 1. The van der Waals surface area contributed by atoms with Crippen molar-refractivity contribution in [3.8, 4) is 0 Å². The third-order valence-corrected chi connectivity index (χ3v) is 5.65. The van der Waals surface area contributed by atoms with E-state index in [4.69, 9.17) is 0 Å². The summed E-state index contributed by atoms with van der Waals surface area (Å²) in [5.74, 6) is -0.333. The molecule has 0 unspecified atom stereocenters. The second-order valence-electron chi connectivity index (χ2n) is 5.26. The van der Waals surface area contributed by atoms with E-state index in [1.165, 1.54) is 24.3 Å². The van der Waals surface area contributed by atoms with Gasteiger partial charge >= 0.3 is 0 Å². The Labute approximate surface area is 149 Å². The Morgan fingerprint density at radius 1 is 1.25 bits per heavy atom. The zero-order valence-corrected chi connectivity index (χ0v) is 15.7. The molecule has 6 nitrogen and oxygen atoms in total. The summed E-state index contributed by atoms with van der Waals surface area (Å²) in [7, 11) is -3.58. The first-order valence-corrected chi connectivity index (χ1v) is 9.64. The van der Waals surface area contributed by atoms with Crippen molar-refractivity contribution in [2.24, 2.45) is 0 Å². The van der Waals surface area contributed by atoms with Crippen LogP contribution in [0, 0.1) is 0 Å². The van der Waals surface area contributed by atoms with E-state index < -0.39 is 10.0 Å². The number of nitrogens with one attached hydrogen (secondary N) is 2. The lowest BCUT2D eigenvalue weighted by Gasteiger charge is -2.12. The van der Waals surface area contributed by atoms with Gasteiger partial charge in [0.1, 0.15) is 0 Å². The standard InChI is InChI=1S/C16H18BrN3O3S/c1-3-11(2)20-24(22,23)13-6-4-12(5-7-13)16(21)19-15-8-9-18-10-14(15)17/h4-11,20H,3H2,1-2H3,(H,18,19,21)/t11-/m0/s1. The molecular weight excluding hydrogens is 394 g/mol. The topological polar surface area (TPSA) is 88.2 Å². The van der Waals surface area contributed by atoms with E-state index in [-0.39, 0.29) is 16.8 Å². The summed E-state index contributed by atoms with van der Waals surface area (Å²) < 4.78 is 27.6. The van der Waals surface area contributed by atoms with E-state index in [9.17, 15) is 13.2 Å². The predicted molar refractivity (Wildman–Crippen MR) is 96.4 cm³/mol. The van der Waals surface area contributed by atoms with E-state index in [0.717, 1.165) is 0 Å². The molecule has 1 heterocycles. The van der Waals surface area contributed by atoms with Crippen LogP contribution in [0.1, 0.15) is 30.6 Å². The number of anilines is 1. The molecule has 0 radical (unpaired) electrons. The van der Waals surface area contributed by atoms with Gasteiger partial charge in [0, 0.05) is 24.0 Å². The van der Waals surface area contributed by atoms with Crippen molar-refractivity contribution in [1.82, 2.24) is 9.71 Å². The van der Waals surface area contributed by atoms with Crippen molar-refractivity contribution in [2.75, 3.05) is 5.32 Å². The number of hydrogen-bond donors (Lipinski definition) is 2. The van der Waals surface area contributed by atoms with Crippen LogP contribution in [0.4, 0.5) is 5.69 Å². The number of rotatable bonds is 6. The van der Waals surface area contributed by atoms with Crippen LogP contribution in [-0.4, -0.2) is 25.4 Å². The van der Waals surface area contributed by atoms with Crippen molar-refractivity contribution in [1.29, 1.82) is 0 Å². The number of benzene rings is 1. The van der Waals surface area contributed by atoms with Crippen molar-refractivity contribution in [3.63, 3.8) is 0 Å². The maximum absolute atomic E-state index is 12.2. The number of nitrogens with zero attached hydrogens (tertiary/aromatic N) is 1. The fraction of sp³-hybridized carbons (Fsp3) is 0.250. The van der Waals surface area contributed by atoms with Crippen LogP contribution in [0.3, 0.4) is 0 Å². The van der Waals surface area contributed by atoms with Crippen LogP contribution in [0.15, 0.2) is 52.1 Å². The third kappa shape index (κ3) is 4.62. The second kappa shape index (κ2) is 7.87. The van der Waals surface area contributed by atoms with Crippen LogP contribution in [0.5, 0.6) is 0 Å². The summed E-state index contributed by atoms with van der Waals surface area (Å²) in [6.45, 7) is 3.70. The molecule has 2 aromatic rings. The van der Waals surface area contributed by atoms with Crippen LogP contribution in [0.25, 0.3) is 0 Å². The normalized spacial score (nSPS) is 12.6. The summed E-state index contributed by atoms with van der Waals surface area (Å²) in [5, 5.41) is 2.74. The van der Waals surface area contributed by atoms with Gasteiger partial charge in [0.15, 0.2) is 0 Å². The highest BCUT2D eigenvalue weighted by Gasteiger charge is 2.17. The molecule has 2 N–H and O–H groups in total. The first kappa shape index (κ1) is 18.6. The Morgan fingerprint density at radius 2 is 1.92 bits per heavy atom. The van der Waals surface area contributed by atoms with Gasteiger partial charge in [0.05, 0.1) is 15.1 Å². The van der Waals surface area contributed by atoms with Gasteiger partial charge in [-0.25, -0.2) is 13.1 Å². The van der Waals surface area contributed by atoms with Gasteiger partial charge in [-0.05, 0) is 59.6 Å². The smallest absolute Gasteiger partial charge is 0.255 e. The van der Waals surface area contributed by atoms with Crippen molar-refractivity contribution in [3.05, 3.63) is 52.8 Å². The lowest BCUT2D eigenvalue weighted by Crippen LogP contribution is -2.32. The Kier molecular flexibility index (Phi) is 6.09. The number of pyridine rings is 1. The maximum atomic E-state index is 12.2. The van der Waals surface area contributed by atoms with E-state index >= 15 is 0 Å². The molecular formula is C16H18BrN3O3S. The van der Waals surface area contributed by atoms with Crippen LogP contribution < -0.4 is 10.0 Å². The van der Waals surface area contributed by atoms with Crippen LogP contribution >= 0.6 is 15.9 Å². The lowest BCUT2D eigenvalue weighted by molar-refractivity contribution is 0.102. The third-order valence-electron chi connectivity index (χ3n) is 3.42. The average molecular weight is 412 g/mol. The van der Waals surface area contributed by atoms with Gasteiger partial charge in [-0.1, -0.05) is 6.92 Å². The molecule has 0 saturated heterocycles. The summed E-state index contributed by atoms with van der Waals surface area (Å²) in [5.41, 5.74) is 0.950. The Morgan fingerprint density at radius 3 is 2.50 bits per heavy atom. The molecule has 24 heavy (non-hydrogen) atoms. The molecule has 128 valence electrons. The fourth-order valence-electron chi connectivity index (χ4n) is 1.87. The zero-order chi connectivity index (χ0) is 17.7. The Hall–Kier alpha value is -1.77. The Balaban J connectivity index is 2.14. The van der Waals surface area contributed by atoms with E-state index in [0.29, 0.717) is 22.1 Å². The SMILES string of the molecule is CC[C@H](C)NS(=O)(=O)c1ccc(C(=O)Nc2ccncc2Br)cc1. The number of carbonyl (C=O) groups is 1. The first-order chi connectivity index (χ1) is 11.3. The number of hydrogen-bond acceptors (Lipinski definition) is 4. The van der Waals surface area contributed by atoms with Gasteiger partial charge in [0.25, 0.3) is 5.91 Å². The number of sulfonamides is 1. The van der Waals surface area contributed by atoms with E-state index in [1.807, 2.05) is 6.92 Å². The molecule has 0 bridgehead atoms. The highest BCUT2D eigenvalue weighted by atomic mass is 79.9. The second-order valence-corrected chi connectivity index (χ2v) is 7.83. The molecule has 0 aliphatic rings. The molecule has 1 amide bonds. The summed E-state index contributed by atoms with van der Waals surface area (Å²) in [6.07, 6.45) is 3.84. The minimum Gasteiger partial charge on any atom is -0.321 e. The van der Waals surface area contributed by atoms with Crippen LogP contribution in [-0.2, 0) is 10.0 Å². The van der Waals surface area contributed by atoms with Gasteiger partial charge < -0.3 is 5.32 Å². The monoisotopic (exact) mass is 411 g/mol. The first-order valence-electron chi connectivity index (χ1n) is 7.36. The molecule has 0 aliphatic carbocycles. The van der Waals surface area contributed by atoms with Crippen molar-refractivity contribution >= 4 is 37.5 Å². The molecule has 0 aliphatic heterocycles. The molecule has 2 rings (SSSR count). The molecule has 0 saturated carbocycles. The van der Waals surface area contributed by atoms with E-state index in [1.54, 1.807) is 25.4 Å². The van der Waals surface area contributed by atoms with Gasteiger partial charge in [-0.3, -0.25) is 9.78 Å². The zero-order valence-electron chi connectivity index (χ0n) is 13.3. The quantitative estimate of drug-likeness (QED) is 0.763. The molecule has 0 fully saturated rings. The average Bonchev–Trinajstić information content (AvgIpc) is 2.56. The summed E-state index contributed by atoms with van der Waals surface area (Å²) in [6, 6.07) is 7.31. The minimum atomic E-state index is -3.58. The number of aromatic nitrogens is 1. The number of halogens is 1. The van der Waals surface area contributed by atoms with Gasteiger partial charge in [-0.2, -0.15) is 0 Å². The van der Waals surface area contributed by atoms with E-state index in [2.05, 4.69) is 31.0 Å². The molecule has 8 heteroatoms. The minimum absolute atomic E-state index is 0.129. The molecule has 0 spiro atoms. The van der Waals surface area contributed by atoms with Crippen LogP contribution in [0.2, 0.25) is 0 Å². The summed E-state index contributed by atoms with van der Waals surface area (Å²) >= 11 is 3.30. The highest BCUT2D eigenvalue weighted by Crippen LogP contribution is 2.21. The number of carbonyl (C=O) groups excluding carboxylic acids is 1. The Bertz CT molecular complexity index is 823. The molecule has 1 aromatic carbocycles. The fourth-order valence-corrected chi connectivity index (χ4v) is 3.55. The lowest BCUT2D eigenvalue weighted by atomic mass is 10.2. The largest absolute Gasteiger partial charge is 0.321 e. The van der Waals surface area contributed by atoms with Crippen molar-refractivity contribution in [2.45, 2.75) is 31.2 Å². The highest BCUT2D eigenvalue weighted by molar-refractivity contribution is 9.10. The molecule has 1 atom stereocenters. The van der Waals surface area contributed by atoms with Gasteiger partial charge in [-0.15, -0.1) is 0 Å². The summed E-state index contributed by atoms with van der Waals surface area (Å²) in [4.78, 5) is 16.3. The maximum Gasteiger partial charge on any atom is 0.255 e. The van der Waals surface area contributed by atoms with Gasteiger partial charge in [0.2, 0.25) is 10.0 Å². The molecule has 1 aromatic heterocycles. The van der Waals surface area contributed by atoms with Crippen molar-refractivity contribution < 1.29 is 13.2 Å². The predicted octanol–water partition coefficient (Wildman–Crippen LogP) is 3.17.